The first-order valence-corrected chi connectivity index (χ1v) is 11.8. The number of rotatable bonds is 8. The number of carbonyl (C=O) groups is 2. The van der Waals surface area contributed by atoms with E-state index in [4.69, 9.17) is 24.7 Å². The fraction of sp³-hybridized carbons (Fsp3) is 0.269. The number of allylic oxidation sites excluding steroid dienone is 2. The number of benzene rings is 2. The van der Waals surface area contributed by atoms with Gasteiger partial charge in [0.15, 0.2) is 18.1 Å². The number of aryl methyl sites for hydroxylation is 1. The molecule has 0 saturated carbocycles. The summed E-state index contributed by atoms with van der Waals surface area (Å²) in [7, 11) is 1.44. The highest BCUT2D eigenvalue weighted by atomic mass is 79.9. The molecule has 0 saturated heterocycles. The van der Waals surface area contributed by atoms with E-state index in [1.807, 2.05) is 25.1 Å². The van der Waals surface area contributed by atoms with Gasteiger partial charge in [-0.1, -0.05) is 17.7 Å². The second-order valence-corrected chi connectivity index (χ2v) is 8.71. The Morgan fingerprint density at radius 2 is 1.92 bits per heavy atom. The highest BCUT2D eigenvalue weighted by molar-refractivity contribution is 9.10. The first-order valence-electron chi connectivity index (χ1n) is 11.0. The van der Waals surface area contributed by atoms with Crippen LogP contribution in [0.3, 0.4) is 0 Å². The summed E-state index contributed by atoms with van der Waals surface area (Å²) < 4.78 is 22.4. The second-order valence-electron chi connectivity index (χ2n) is 7.85. The molecule has 0 fully saturated rings. The molecule has 10 heteroatoms. The fourth-order valence-electron chi connectivity index (χ4n) is 3.71. The molecule has 188 valence electrons. The number of esters is 1. The lowest BCUT2D eigenvalue weighted by molar-refractivity contribution is -0.139. The molecule has 36 heavy (non-hydrogen) atoms. The number of amides is 1. The summed E-state index contributed by atoms with van der Waals surface area (Å²) in [6, 6.07) is 12.7. The van der Waals surface area contributed by atoms with E-state index in [1.54, 1.807) is 38.1 Å². The predicted octanol–water partition coefficient (Wildman–Crippen LogP) is 4.43. The van der Waals surface area contributed by atoms with Gasteiger partial charge in [0.25, 0.3) is 5.91 Å². The van der Waals surface area contributed by atoms with E-state index in [2.05, 4.69) is 21.2 Å². The van der Waals surface area contributed by atoms with E-state index in [1.165, 1.54) is 7.11 Å². The van der Waals surface area contributed by atoms with E-state index in [0.717, 1.165) is 5.56 Å². The Bertz CT molecular complexity index is 1280. The molecule has 1 atom stereocenters. The molecule has 1 unspecified atom stereocenters. The zero-order valence-corrected chi connectivity index (χ0v) is 21.9. The maximum atomic E-state index is 12.8. The number of nitrogens with two attached hydrogens (primary N) is 1. The van der Waals surface area contributed by atoms with Gasteiger partial charge in [-0.05, 0) is 66.5 Å². The van der Waals surface area contributed by atoms with Crippen molar-refractivity contribution in [2.24, 2.45) is 5.73 Å². The van der Waals surface area contributed by atoms with Crippen LogP contribution in [0.2, 0.25) is 0 Å². The van der Waals surface area contributed by atoms with Crippen molar-refractivity contribution in [3.05, 3.63) is 74.8 Å². The van der Waals surface area contributed by atoms with Gasteiger partial charge in [-0.2, -0.15) is 5.26 Å². The monoisotopic (exact) mass is 555 g/mol. The van der Waals surface area contributed by atoms with Crippen LogP contribution < -0.4 is 20.5 Å². The minimum absolute atomic E-state index is 0.0590. The average molecular weight is 556 g/mol. The number of hydrogen-bond acceptors (Lipinski definition) is 8. The lowest BCUT2D eigenvalue weighted by Gasteiger charge is -2.27. The van der Waals surface area contributed by atoms with Crippen LogP contribution in [0.25, 0.3) is 0 Å². The van der Waals surface area contributed by atoms with Crippen LogP contribution in [-0.2, 0) is 19.1 Å². The Balaban J connectivity index is 1.92. The Morgan fingerprint density at radius 1 is 1.22 bits per heavy atom. The molecule has 1 amide bonds. The van der Waals surface area contributed by atoms with E-state index < -0.39 is 11.9 Å². The number of halogens is 1. The number of nitrogens with zero attached hydrogens (tertiary/aromatic N) is 1. The second kappa shape index (κ2) is 11.6. The molecule has 0 aliphatic carbocycles. The molecule has 1 aliphatic rings. The van der Waals surface area contributed by atoms with Gasteiger partial charge in [0.2, 0.25) is 5.88 Å². The summed E-state index contributed by atoms with van der Waals surface area (Å²) in [6.45, 7) is 5.09. The van der Waals surface area contributed by atoms with Crippen molar-refractivity contribution in [3.63, 3.8) is 0 Å². The minimum atomic E-state index is -0.855. The molecule has 0 radical (unpaired) electrons. The molecule has 1 heterocycles. The SMILES string of the molecule is CCOC(=O)C1=C(C)OC(N)=C(C#N)C1c1cc(Br)c(OCC(=O)Nc2ccc(C)cc2)c(OC)c1. The molecular formula is C26H26BrN3O6. The Labute approximate surface area is 217 Å². The Kier molecular flexibility index (Phi) is 8.61. The van der Waals surface area contributed by atoms with Gasteiger partial charge in [0.1, 0.15) is 17.4 Å². The normalized spacial score (nSPS) is 15.1. The number of carbonyl (C=O) groups excluding carboxylic acids is 2. The molecule has 2 aromatic carbocycles. The van der Waals surface area contributed by atoms with Crippen LogP contribution in [0.4, 0.5) is 5.69 Å². The summed E-state index contributed by atoms with van der Waals surface area (Å²) in [5.74, 6) is -1.14. The first-order chi connectivity index (χ1) is 17.2. The third-order valence-corrected chi connectivity index (χ3v) is 5.96. The molecule has 3 rings (SSSR count). The molecule has 1 aliphatic heterocycles. The lowest BCUT2D eigenvalue weighted by Crippen LogP contribution is -2.25. The largest absolute Gasteiger partial charge is 0.493 e. The molecule has 9 nitrogen and oxygen atoms in total. The number of ether oxygens (including phenoxy) is 4. The third kappa shape index (κ3) is 5.80. The first kappa shape index (κ1) is 26.6. The van der Waals surface area contributed by atoms with Gasteiger partial charge in [-0.3, -0.25) is 4.79 Å². The maximum absolute atomic E-state index is 12.8. The highest BCUT2D eigenvalue weighted by Gasteiger charge is 2.37. The lowest BCUT2D eigenvalue weighted by atomic mass is 9.83. The number of methoxy groups -OCH3 is 1. The van der Waals surface area contributed by atoms with E-state index in [0.29, 0.717) is 15.7 Å². The molecule has 0 aromatic heterocycles. The van der Waals surface area contributed by atoms with Crippen molar-refractivity contribution in [1.29, 1.82) is 5.26 Å². The fourth-order valence-corrected chi connectivity index (χ4v) is 4.28. The third-order valence-electron chi connectivity index (χ3n) is 5.37. The van der Waals surface area contributed by atoms with Gasteiger partial charge >= 0.3 is 5.97 Å². The zero-order chi connectivity index (χ0) is 26.4. The van der Waals surface area contributed by atoms with Crippen molar-refractivity contribution in [1.82, 2.24) is 0 Å². The Hall–Kier alpha value is -3.97. The Morgan fingerprint density at radius 3 is 2.53 bits per heavy atom. The van der Waals surface area contributed by atoms with Crippen LogP contribution in [0.15, 0.2) is 63.7 Å². The highest BCUT2D eigenvalue weighted by Crippen LogP contribution is 2.45. The van der Waals surface area contributed by atoms with Crippen molar-refractivity contribution in [3.8, 4) is 17.6 Å². The minimum Gasteiger partial charge on any atom is -0.493 e. The predicted molar refractivity (Wildman–Crippen MR) is 136 cm³/mol. The van der Waals surface area contributed by atoms with Crippen molar-refractivity contribution in [2.75, 3.05) is 25.6 Å². The molecule has 2 aromatic rings. The summed E-state index contributed by atoms with van der Waals surface area (Å²) >= 11 is 3.46. The maximum Gasteiger partial charge on any atom is 0.338 e. The van der Waals surface area contributed by atoms with Gasteiger partial charge in [-0.15, -0.1) is 0 Å². The molecular weight excluding hydrogens is 530 g/mol. The summed E-state index contributed by atoms with van der Waals surface area (Å²) in [5, 5.41) is 12.6. The van der Waals surface area contributed by atoms with Crippen molar-refractivity contribution in [2.45, 2.75) is 26.7 Å². The summed E-state index contributed by atoms with van der Waals surface area (Å²) in [4.78, 5) is 25.2. The summed E-state index contributed by atoms with van der Waals surface area (Å²) in [6.07, 6.45) is 0. The molecule has 0 bridgehead atoms. The van der Waals surface area contributed by atoms with Crippen LogP contribution in [0, 0.1) is 18.3 Å². The van der Waals surface area contributed by atoms with E-state index >= 15 is 0 Å². The van der Waals surface area contributed by atoms with Gasteiger partial charge in [-0.25, -0.2) is 4.79 Å². The van der Waals surface area contributed by atoms with Gasteiger partial charge in [0.05, 0.1) is 29.7 Å². The van der Waals surface area contributed by atoms with Gasteiger partial charge in [0, 0.05) is 5.69 Å². The quantitative estimate of drug-likeness (QED) is 0.457. The molecule has 3 N–H and O–H groups in total. The summed E-state index contributed by atoms with van der Waals surface area (Å²) in [5.41, 5.74) is 8.43. The topological polar surface area (TPSA) is 133 Å². The number of nitriles is 1. The van der Waals surface area contributed by atoms with Crippen LogP contribution >= 0.6 is 15.9 Å². The number of hydrogen-bond donors (Lipinski definition) is 2. The van der Waals surface area contributed by atoms with Crippen LogP contribution in [0.1, 0.15) is 30.9 Å². The van der Waals surface area contributed by atoms with Crippen LogP contribution in [0.5, 0.6) is 11.5 Å². The smallest absolute Gasteiger partial charge is 0.338 e. The number of anilines is 1. The average Bonchev–Trinajstić information content (AvgIpc) is 2.83. The zero-order valence-electron chi connectivity index (χ0n) is 20.3. The van der Waals surface area contributed by atoms with Crippen LogP contribution in [-0.4, -0.2) is 32.2 Å². The molecule has 0 spiro atoms. The number of nitrogens with one attached hydrogen (secondary N) is 1. The van der Waals surface area contributed by atoms with Gasteiger partial charge < -0.3 is 30.0 Å². The van der Waals surface area contributed by atoms with Crippen molar-refractivity contribution < 1.29 is 28.5 Å². The standard InChI is InChI=1S/C26H26BrN3O6/c1-5-34-26(32)22-15(3)36-25(29)18(12-28)23(22)16-10-19(27)24(20(11-16)33-4)35-13-21(31)30-17-8-6-14(2)7-9-17/h6-11,23H,5,13,29H2,1-4H3,(H,30,31). The van der Waals surface area contributed by atoms with Crippen molar-refractivity contribution >= 4 is 33.5 Å². The van der Waals surface area contributed by atoms with E-state index in [-0.39, 0.29) is 53.4 Å². The van der Waals surface area contributed by atoms with E-state index in [9.17, 15) is 14.9 Å².